The Kier molecular flexibility index (Phi) is 2.12. The van der Waals surface area contributed by atoms with Crippen LogP contribution in [0.5, 0.6) is 0 Å². The van der Waals surface area contributed by atoms with Gasteiger partial charge < -0.3 is 4.42 Å². The summed E-state index contributed by atoms with van der Waals surface area (Å²) in [5, 5.41) is 5.08. The van der Waals surface area contributed by atoms with E-state index in [1.807, 2.05) is 0 Å². The lowest BCUT2D eigenvalue weighted by Gasteiger charge is -2.11. The van der Waals surface area contributed by atoms with Crippen molar-refractivity contribution in [2.45, 2.75) is 12.8 Å². The first kappa shape index (κ1) is 11.2. The second-order valence-corrected chi connectivity index (χ2v) is 5.71. The lowest BCUT2D eigenvalue weighted by Crippen LogP contribution is -1.93. The molecule has 0 amide bonds. The molecule has 0 saturated heterocycles. The smallest absolute Gasteiger partial charge is 0.136 e. The van der Waals surface area contributed by atoms with Gasteiger partial charge in [0.2, 0.25) is 0 Å². The van der Waals surface area contributed by atoms with E-state index in [9.17, 15) is 0 Å². The van der Waals surface area contributed by atoms with Crippen molar-refractivity contribution in [2.75, 3.05) is 0 Å². The second kappa shape index (κ2) is 3.98. The summed E-state index contributed by atoms with van der Waals surface area (Å²) < 4.78 is 6.09. The fourth-order valence-corrected chi connectivity index (χ4v) is 3.55. The van der Waals surface area contributed by atoms with Crippen LogP contribution in [0.1, 0.15) is 17.5 Å². The monoisotopic (exact) mass is 270 g/mol. The summed E-state index contributed by atoms with van der Waals surface area (Å²) in [6.45, 7) is 0. The molecule has 3 aromatic carbocycles. The predicted molar refractivity (Wildman–Crippen MR) is 88.6 cm³/mol. The van der Waals surface area contributed by atoms with Crippen molar-refractivity contribution in [1.29, 1.82) is 0 Å². The van der Waals surface area contributed by atoms with Gasteiger partial charge in [0, 0.05) is 10.8 Å². The third kappa shape index (κ3) is 1.46. The summed E-state index contributed by atoms with van der Waals surface area (Å²) in [5.41, 5.74) is 4.75. The van der Waals surface area contributed by atoms with Crippen LogP contribution in [0, 0.1) is 0 Å². The van der Waals surface area contributed by atoms with E-state index in [-0.39, 0.29) is 0 Å². The number of rotatable bonds is 0. The van der Waals surface area contributed by atoms with Gasteiger partial charge in [0.25, 0.3) is 0 Å². The minimum Gasteiger partial charge on any atom is -0.456 e. The van der Waals surface area contributed by atoms with Gasteiger partial charge >= 0.3 is 0 Å². The highest BCUT2D eigenvalue weighted by atomic mass is 16.3. The fraction of sp³-hybridized carbons (Fsp3) is 0.100. The van der Waals surface area contributed by atoms with Gasteiger partial charge in [-0.3, -0.25) is 0 Å². The first-order valence-electron chi connectivity index (χ1n) is 7.44. The molecular formula is C20H14O. The zero-order valence-corrected chi connectivity index (χ0v) is 11.6. The largest absolute Gasteiger partial charge is 0.456 e. The number of allylic oxidation sites excluding steroid dienone is 1. The Bertz CT molecular complexity index is 1030. The predicted octanol–water partition coefficient (Wildman–Crippen LogP) is 5.70. The SMILES string of the molecule is C1=Cc2c(ccc3oc4ccc5ccccc5c4c23)CC1. The Hall–Kier alpha value is -2.54. The van der Waals surface area contributed by atoms with E-state index in [4.69, 9.17) is 4.42 Å². The molecule has 0 aliphatic heterocycles. The maximum Gasteiger partial charge on any atom is 0.136 e. The van der Waals surface area contributed by atoms with Crippen LogP contribution >= 0.6 is 0 Å². The number of fused-ring (bicyclic) bond motifs is 7. The first-order valence-corrected chi connectivity index (χ1v) is 7.44. The van der Waals surface area contributed by atoms with Crippen LogP contribution in [0.3, 0.4) is 0 Å². The van der Waals surface area contributed by atoms with Crippen LogP contribution in [0.4, 0.5) is 0 Å². The molecule has 21 heavy (non-hydrogen) atoms. The average Bonchev–Trinajstić information content (AvgIpc) is 2.94. The highest BCUT2D eigenvalue weighted by Gasteiger charge is 2.16. The highest BCUT2D eigenvalue weighted by molar-refractivity contribution is 6.21. The number of benzene rings is 3. The van der Waals surface area contributed by atoms with Gasteiger partial charge in [0.15, 0.2) is 0 Å². The van der Waals surface area contributed by atoms with Gasteiger partial charge in [0.05, 0.1) is 0 Å². The standard InChI is InChI=1S/C20H14O/c1-3-7-15-13(5-1)9-11-17-19(15)20-16-8-4-2-6-14(16)10-12-18(20)21-17/h1,3-5,7-12H,2,6H2. The summed E-state index contributed by atoms with van der Waals surface area (Å²) in [7, 11) is 0. The van der Waals surface area contributed by atoms with Crippen LogP contribution in [0.15, 0.2) is 59.0 Å². The summed E-state index contributed by atoms with van der Waals surface area (Å²) in [4.78, 5) is 0. The molecule has 100 valence electrons. The third-order valence-electron chi connectivity index (χ3n) is 4.52. The second-order valence-electron chi connectivity index (χ2n) is 5.71. The molecular weight excluding hydrogens is 256 g/mol. The normalized spacial score (nSPS) is 14.1. The molecule has 0 atom stereocenters. The molecule has 1 aliphatic carbocycles. The van der Waals surface area contributed by atoms with Gasteiger partial charge in [-0.25, -0.2) is 0 Å². The zero-order chi connectivity index (χ0) is 13.8. The Balaban J connectivity index is 2.09. The lowest BCUT2D eigenvalue weighted by molar-refractivity contribution is 0.669. The van der Waals surface area contributed by atoms with Crippen LogP contribution in [-0.2, 0) is 6.42 Å². The molecule has 0 bridgehead atoms. The number of hydrogen-bond acceptors (Lipinski definition) is 1. The molecule has 0 radical (unpaired) electrons. The maximum atomic E-state index is 6.09. The van der Waals surface area contributed by atoms with Crippen LogP contribution < -0.4 is 0 Å². The zero-order valence-electron chi connectivity index (χ0n) is 11.6. The van der Waals surface area contributed by atoms with E-state index < -0.39 is 0 Å². The minimum absolute atomic E-state index is 0.982. The summed E-state index contributed by atoms with van der Waals surface area (Å²) in [5.74, 6) is 0. The topological polar surface area (TPSA) is 13.1 Å². The molecule has 1 aromatic heterocycles. The Labute approximate surface area is 122 Å². The van der Waals surface area contributed by atoms with Crippen molar-refractivity contribution in [2.24, 2.45) is 0 Å². The average molecular weight is 270 g/mol. The molecule has 4 aromatic rings. The van der Waals surface area contributed by atoms with Gasteiger partial charge in [0.1, 0.15) is 11.2 Å². The Morgan fingerprint density at radius 1 is 0.810 bits per heavy atom. The number of hydrogen-bond donors (Lipinski definition) is 0. The molecule has 0 saturated carbocycles. The van der Waals surface area contributed by atoms with Gasteiger partial charge in [-0.2, -0.15) is 0 Å². The van der Waals surface area contributed by atoms with Gasteiger partial charge in [-0.1, -0.05) is 48.6 Å². The summed E-state index contributed by atoms with van der Waals surface area (Å²) in [6, 6.07) is 17.1. The quantitative estimate of drug-likeness (QED) is 0.399. The van der Waals surface area contributed by atoms with E-state index in [1.54, 1.807) is 0 Å². The van der Waals surface area contributed by atoms with Gasteiger partial charge in [-0.15, -0.1) is 0 Å². The minimum atomic E-state index is 0.982. The van der Waals surface area contributed by atoms with Gasteiger partial charge in [-0.05, 0) is 46.9 Å². The van der Waals surface area contributed by atoms with E-state index in [1.165, 1.54) is 32.7 Å². The van der Waals surface area contributed by atoms with E-state index >= 15 is 0 Å². The lowest BCUT2D eigenvalue weighted by atomic mass is 9.92. The first-order chi connectivity index (χ1) is 10.4. The number of aryl methyl sites for hydroxylation is 1. The van der Waals surface area contributed by atoms with Crippen LogP contribution in [0.25, 0.3) is 38.8 Å². The summed E-state index contributed by atoms with van der Waals surface area (Å²) in [6.07, 6.45) is 6.79. The van der Waals surface area contributed by atoms with Crippen LogP contribution in [0.2, 0.25) is 0 Å². The van der Waals surface area contributed by atoms with E-state index in [0.29, 0.717) is 0 Å². The van der Waals surface area contributed by atoms with Crippen LogP contribution in [-0.4, -0.2) is 0 Å². The van der Waals surface area contributed by atoms with E-state index in [2.05, 4.69) is 60.7 Å². The van der Waals surface area contributed by atoms with Crippen molar-refractivity contribution >= 4 is 38.8 Å². The molecule has 1 aliphatic rings. The van der Waals surface area contributed by atoms with Crippen molar-refractivity contribution in [3.05, 3.63) is 65.7 Å². The Morgan fingerprint density at radius 3 is 2.67 bits per heavy atom. The molecule has 1 heterocycles. The third-order valence-corrected chi connectivity index (χ3v) is 4.52. The molecule has 1 nitrogen and oxygen atoms in total. The molecule has 0 unspecified atom stereocenters. The van der Waals surface area contributed by atoms with Crippen molar-refractivity contribution < 1.29 is 4.42 Å². The summed E-state index contributed by atoms with van der Waals surface area (Å²) >= 11 is 0. The molecule has 0 spiro atoms. The van der Waals surface area contributed by atoms with Crippen molar-refractivity contribution in [1.82, 2.24) is 0 Å². The molecule has 1 heteroatoms. The van der Waals surface area contributed by atoms with Crippen molar-refractivity contribution in [3.8, 4) is 0 Å². The molecule has 5 rings (SSSR count). The maximum absolute atomic E-state index is 6.09. The molecule has 0 N–H and O–H groups in total. The highest BCUT2D eigenvalue weighted by Crippen LogP contribution is 2.39. The Morgan fingerprint density at radius 2 is 1.67 bits per heavy atom. The van der Waals surface area contributed by atoms with Crippen molar-refractivity contribution in [3.63, 3.8) is 0 Å². The van der Waals surface area contributed by atoms with E-state index in [0.717, 1.165) is 24.0 Å². The number of furan rings is 1. The molecule has 0 fully saturated rings. The fourth-order valence-electron chi connectivity index (χ4n) is 3.55.